The number of benzene rings is 2. The fourth-order valence-corrected chi connectivity index (χ4v) is 2.21. The van der Waals surface area contributed by atoms with E-state index in [1.807, 2.05) is 0 Å². The zero-order valence-corrected chi connectivity index (χ0v) is 14.3. The maximum absolute atomic E-state index is 11.6. The molecule has 0 radical (unpaired) electrons. The molecule has 2 aromatic carbocycles. The Morgan fingerprint density at radius 1 is 0.727 bits per heavy atom. The number of carbonyl (C=O) groups is 2. The second-order valence-electron chi connectivity index (χ2n) is 4.04. The summed E-state index contributed by atoms with van der Waals surface area (Å²) in [5.41, 5.74) is 0. The second-order valence-corrected chi connectivity index (χ2v) is 5.75. The molecule has 0 heterocycles. The van der Waals surface area contributed by atoms with Crippen LogP contribution in [0, 0.1) is 0 Å². The van der Waals surface area contributed by atoms with E-state index in [-0.39, 0.29) is 0 Å². The molecule has 0 aliphatic heterocycles. The van der Waals surface area contributed by atoms with Crippen LogP contribution >= 0.6 is 31.9 Å². The average Bonchev–Trinajstić information content (AvgIpc) is 2.50. The van der Waals surface area contributed by atoms with E-state index in [9.17, 15) is 9.59 Å². The van der Waals surface area contributed by atoms with E-state index in [2.05, 4.69) is 31.9 Å². The highest BCUT2D eigenvalue weighted by Crippen LogP contribution is 2.24. The highest BCUT2D eigenvalue weighted by molar-refractivity contribution is 9.10. The Labute approximate surface area is 144 Å². The molecule has 2 rings (SSSR count). The minimum absolute atomic E-state index is 0.372. The summed E-state index contributed by atoms with van der Waals surface area (Å²) in [7, 11) is 0. The van der Waals surface area contributed by atoms with Crippen LogP contribution in [0.4, 0.5) is 0 Å². The summed E-state index contributed by atoms with van der Waals surface area (Å²) in [6, 6.07) is 13.8. The van der Waals surface area contributed by atoms with E-state index in [1.165, 1.54) is 0 Å². The largest absolute Gasteiger partial charge is 0.422 e. The number of carbonyl (C=O) groups excluding carboxylic acids is 2. The fraction of sp³-hybridized carbons (Fsp3) is 0. The summed E-state index contributed by atoms with van der Waals surface area (Å²) in [6.45, 7) is 0. The van der Waals surface area contributed by atoms with E-state index < -0.39 is 11.9 Å². The van der Waals surface area contributed by atoms with Gasteiger partial charge in [0.2, 0.25) is 0 Å². The first-order valence-electron chi connectivity index (χ1n) is 6.17. The van der Waals surface area contributed by atoms with Gasteiger partial charge in [-0.15, -0.1) is 0 Å². The maximum atomic E-state index is 11.6. The fourth-order valence-electron chi connectivity index (χ4n) is 1.48. The Bertz CT molecular complexity index is 664. The van der Waals surface area contributed by atoms with E-state index in [1.54, 1.807) is 48.5 Å². The lowest BCUT2D eigenvalue weighted by Crippen LogP contribution is -2.08. The highest BCUT2D eigenvalue weighted by Gasteiger charge is 2.07. The molecule has 22 heavy (non-hydrogen) atoms. The van der Waals surface area contributed by atoms with Crippen molar-refractivity contribution in [2.24, 2.45) is 0 Å². The van der Waals surface area contributed by atoms with E-state index >= 15 is 0 Å². The predicted molar refractivity (Wildman–Crippen MR) is 88.7 cm³/mol. The third kappa shape index (κ3) is 4.82. The van der Waals surface area contributed by atoms with Crippen LogP contribution in [0.3, 0.4) is 0 Å². The first-order chi connectivity index (χ1) is 10.6. The van der Waals surface area contributed by atoms with Crippen LogP contribution in [0.5, 0.6) is 11.5 Å². The summed E-state index contributed by atoms with van der Waals surface area (Å²) < 4.78 is 11.5. The molecule has 0 fully saturated rings. The summed E-state index contributed by atoms with van der Waals surface area (Å²) >= 11 is 6.52. The first-order valence-corrected chi connectivity index (χ1v) is 7.75. The van der Waals surface area contributed by atoms with E-state index in [4.69, 9.17) is 9.47 Å². The summed E-state index contributed by atoms with van der Waals surface area (Å²) in [5, 5.41) is 0. The molecule has 0 aromatic heterocycles. The molecule has 0 aliphatic carbocycles. The van der Waals surface area contributed by atoms with Gasteiger partial charge in [-0.3, -0.25) is 0 Å². The molecular weight excluding hydrogens is 416 g/mol. The van der Waals surface area contributed by atoms with Gasteiger partial charge < -0.3 is 9.47 Å². The van der Waals surface area contributed by atoms with Crippen LogP contribution < -0.4 is 9.47 Å². The zero-order valence-electron chi connectivity index (χ0n) is 11.2. The molecule has 0 bridgehead atoms. The summed E-state index contributed by atoms with van der Waals surface area (Å²) in [5.74, 6) is -0.598. The smallest absolute Gasteiger partial charge is 0.336 e. The molecular formula is C16H10Br2O4. The lowest BCUT2D eigenvalue weighted by atomic mass is 10.3. The predicted octanol–water partition coefficient (Wildman–Crippen LogP) is 4.28. The molecule has 2 aromatic rings. The van der Waals surface area contributed by atoms with Gasteiger partial charge in [-0.25, -0.2) is 9.59 Å². The molecule has 0 saturated carbocycles. The van der Waals surface area contributed by atoms with Crippen LogP contribution in [0.1, 0.15) is 0 Å². The van der Waals surface area contributed by atoms with Crippen molar-refractivity contribution in [2.75, 3.05) is 0 Å². The standard InChI is InChI=1S/C16H10Br2O4/c17-11-5-1-3-7-13(11)21-15(19)9-10-16(20)22-14-8-4-2-6-12(14)18/h1-10H. The highest BCUT2D eigenvalue weighted by atomic mass is 79.9. The lowest BCUT2D eigenvalue weighted by molar-refractivity contribution is -0.131. The maximum Gasteiger partial charge on any atom is 0.336 e. The summed E-state index contributed by atoms with van der Waals surface area (Å²) in [6.07, 6.45) is 2.03. The number of para-hydroxylation sites is 2. The quantitative estimate of drug-likeness (QED) is 0.416. The molecule has 0 aliphatic rings. The number of hydrogen-bond donors (Lipinski definition) is 0. The van der Waals surface area contributed by atoms with Crippen LogP contribution in [0.2, 0.25) is 0 Å². The van der Waals surface area contributed by atoms with Crippen molar-refractivity contribution in [2.45, 2.75) is 0 Å². The Balaban J connectivity index is 1.94. The number of esters is 2. The molecule has 0 unspecified atom stereocenters. The molecule has 0 spiro atoms. The van der Waals surface area contributed by atoms with Crippen molar-refractivity contribution < 1.29 is 19.1 Å². The van der Waals surface area contributed by atoms with Gasteiger partial charge in [-0.2, -0.15) is 0 Å². The minimum atomic E-state index is -0.670. The molecule has 0 amide bonds. The number of rotatable bonds is 4. The van der Waals surface area contributed by atoms with Gasteiger partial charge in [-0.05, 0) is 56.1 Å². The van der Waals surface area contributed by atoms with Crippen molar-refractivity contribution in [3.05, 3.63) is 69.6 Å². The van der Waals surface area contributed by atoms with Crippen LogP contribution in [-0.2, 0) is 9.59 Å². The minimum Gasteiger partial charge on any atom is -0.422 e. The molecule has 112 valence electrons. The Morgan fingerprint density at radius 2 is 1.09 bits per heavy atom. The Hall–Kier alpha value is -1.92. The number of ether oxygens (including phenoxy) is 2. The topological polar surface area (TPSA) is 52.6 Å². The zero-order chi connectivity index (χ0) is 15.9. The molecule has 0 atom stereocenters. The van der Waals surface area contributed by atoms with Gasteiger partial charge in [0.15, 0.2) is 0 Å². The van der Waals surface area contributed by atoms with E-state index in [0.717, 1.165) is 12.2 Å². The molecule has 4 nitrogen and oxygen atoms in total. The summed E-state index contributed by atoms with van der Waals surface area (Å²) in [4.78, 5) is 23.3. The lowest BCUT2D eigenvalue weighted by Gasteiger charge is -2.04. The van der Waals surface area contributed by atoms with Crippen molar-refractivity contribution in [3.8, 4) is 11.5 Å². The molecule has 6 heteroatoms. The second kappa shape index (κ2) is 7.91. The van der Waals surface area contributed by atoms with Crippen LogP contribution in [-0.4, -0.2) is 11.9 Å². The normalized spacial score (nSPS) is 10.5. The monoisotopic (exact) mass is 424 g/mol. The van der Waals surface area contributed by atoms with Crippen LogP contribution in [0.25, 0.3) is 0 Å². The van der Waals surface area contributed by atoms with Crippen LogP contribution in [0.15, 0.2) is 69.6 Å². The number of hydrogen-bond acceptors (Lipinski definition) is 4. The van der Waals surface area contributed by atoms with Gasteiger partial charge in [-0.1, -0.05) is 24.3 Å². The third-order valence-corrected chi connectivity index (χ3v) is 3.76. The average molecular weight is 426 g/mol. The van der Waals surface area contributed by atoms with Gasteiger partial charge in [0.25, 0.3) is 0 Å². The first kappa shape index (κ1) is 16.5. The third-order valence-electron chi connectivity index (χ3n) is 2.45. The molecule has 0 saturated heterocycles. The van der Waals surface area contributed by atoms with Crippen molar-refractivity contribution in [1.29, 1.82) is 0 Å². The van der Waals surface area contributed by atoms with Crippen molar-refractivity contribution in [1.82, 2.24) is 0 Å². The Kier molecular flexibility index (Phi) is 5.91. The van der Waals surface area contributed by atoms with Gasteiger partial charge in [0.1, 0.15) is 11.5 Å². The molecule has 0 N–H and O–H groups in total. The number of halogens is 2. The van der Waals surface area contributed by atoms with E-state index in [0.29, 0.717) is 20.4 Å². The van der Waals surface area contributed by atoms with Gasteiger partial charge in [0, 0.05) is 12.2 Å². The van der Waals surface area contributed by atoms with Gasteiger partial charge >= 0.3 is 11.9 Å². The Morgan fingerprint density at radius 3 is 1.45 bits per heavy atom. The van der Waals surface area contributed by atoms with Crippen molar-refractivity contribution >= 4 is 43.8 Å². The van der Waals surface area contributed by atoms with Crippen molar-refractivity contribution in [3.63, 3.8) is 0 Å². The van der Waals surface area contributed by atoms with Gasteiger partial charge in [0.05, 0.1) is 8.95 Å². The SMILES string of the molecule is O=C(C=CC(=O)Oc1ccccc1Br)Oc1ccccc1Br.